The molecule has 0 aliphatic heterocycles. The lowest BCUT2D eigenvalue weighted by Gasteiger charge is -2.21. The predicted octanol–water partition coefficient (Wildman–Crippen LogP) is 1.86. The molecule has 1 aromatic carbocycles. The van der Waals surface area contributed by atoms with Crippen molar-refractivity contribution in [2.24, 2.45) is 0 Å². The van der Waals surface area contributed by atoms with Crippen LogP contribution in [0, 0.1) is 11.3 Å². The molecule has 0 aliphatic carbocycles. The van der Waals surface area contributed by atoms with Crippen LogP contribution in [0.4, 0.5) is 0 Å². The molecular weight excluding hydrogens is 214 g/mol. The molecule has 0 radical (unpaired) electrons. The number of esters is 1. The highest BCUT2D eigenvalue weighted by Crippen LogP contribution is 2.26. The maximum atomic E-state index is 11.6. The fraction of sp³-hybridized carbons (Fsp3) is 0.273. The first-order valence-corrected chi connectivity index (χ1v) is 4.86. The van der Waals surface area contributed by atoms with Gasteiger partial charge in [-0.2, -0.15) is 5.26 Å². The van der Waals surface area contributed by atoms with Gasteiger partial charge in [0.15, 0.2) is 5.41 Å². The fourth-order valence-electron chi connectivity index (χ4n) is 1.29. The van der Waals surface area contributed by atoms with Gasteiger partial charge in [0.25, 0.3) is 0 Å². The van der Waals surface area contributed by atoms with Gasteiger partial charge in [-0.15, -0.1) is 11.6 Å². The molecule has 0 amide bonds. The first kappa shape index (κ1) is 11.5. The average molecular weight is 224 g/mol. The van der Waals surface area contributed by atoms with Gasteiger partial charge in [0, 0.05) is 0 Å². The summed E-state index contributed by atoms with van der Waals surface area (Å²) in [5.41, 5.74) is -0.855. The lowest BCUT2D eigenvalue weighted by Crippen LogP contribution is -2.37. The molecule has 4 heteroatoms. The topological polar surface area (TPSA) is 50.1 Å². The quantitative estimate of drug-likeness (QED) is 0.581. The molecule has 1 rings (SSSR count). The van der Waals surface area contributed by atoms with Gasteiger partial charge in [0.2, 0.25) is 0 Å². The van der Waals surface area contributed by atoms with Gasteiger partial charge in [-0.05, 0) is 5.56 Å². The zero-order valence-electron chi connectivity index (χ0n) is 8.24. The van der Waals surface area contributed by atoms with E-state index >= 15 is 0 Å². The maximum absolute atomic E-state index is 11.6. The number of ether oxygens (including phenoxy) is 1. The molecule has 0 heterocycles. The number of alkyl halides is 1. The second-order valence-electron chi connectivity index (χ2n) is 3.01. The van der Waals surface area contributed by atoms with Crippen molar-refractivity contribution in [1.82, 2.24) is 0 Å². The first-order chi connectivity index (χ1) is 7.21. The van der Waals surface area contributed by atoms with E-state index in [0.29, 0.717) is 5.56 Å². The summed E-state index contributed by atoms with van der Waals surface area (Å²) < 4.78 is 4.61. The van der Waals surface area contributed by atoms with Crippen molar-refractivity contribution in [2.75, 3.05) is 13.0 Å². The minimum absolute atomic E-state index is 0.125. The van der Waals surface area contributed by atoms with Gasteiger partial charge in [-0.1, -0.05) is 30.3 Å². The SMILES string of the molecule is COC(=O)C(C#N)(CCl)c1ccccc1. The van der Waals surface area contributed by atoms with Crippen LogP contribution in [0.3, 0.4) is 0 Å². The monoisotopic (exact) mass is 223 g/mol. The summed E-state index contributed by atoms with van der Waals surface area (Å²) in [6.45, 7) is 0. The lowest BCUT2D eigenvalue weighted by atomic mass is 9.84. The van der Waals surface area contributed by atoms with Crippen molar-refractivity contribution in [3.05, 3.63) is 35.9 Å². The van der Waals surface area contributed by atoms with Gasteiger partial charge < -0.3 is 4.74 Å². The summed E-state index contributed by atoms with van der Waals surface area (Å²) in [6, 6.07) is 10.6. The van der Waals surface area contributed by atoms with Crippen molar-refractivity contribution in [3.63, 3.8) is 0 Å². The average Bonchev–Trinajstić information content (AvgIpc) is 2.32. The zero-order chi connectivity index (χ0) is 11.3. The third-order valence-corrected chi connectivity index (χ3v) is 2.59. The van der Waals surface area contributed by atoms with Crippen molar-refractivity contribution in [2.45, 2.75) is 5.41 Å². The van der Waals surface area contributed by atoms with Gasteiger partial charge in [0.05, 0.1) is 19.1 Å². The molecular formula is C11H10ClNO2. The number of nitriles is 1. The fourth-order valence-corrected chi connectivity index (χ4v) is 1.61. The number of halogens is 1. The summed E-state index contributed by atoms with van der Waals surface area (Å²) in [7, 11) is 1.24. The molecule has 1 aromatic rings. The van der Waals surface area contributed by atoms with Gasteiger partial charge >= 0.3 is 5.97 Å². The Labute approximate surface area is 93.2 Å². The smallest absolute Gasteiger partial charge is 0.332 e. The van der Waals surface area contributed by atoms with E-state index in [1.165, 1.54) is 7.11 Å². The van der Waals surface area contributed by atoms with E-state index < -0.39 is 11.4 Å². The number of hydrogen-bond acceptors (Lipinski definition) is 3. The van der Waals surface area contributed by atoms with Gasteiger partial charge in [-0.3, -0.25) is 0 Å². The van der Waals surface area contributed by atoms with E-state index in [2.05, 4.69) is 4.74 Å². The maximum Gasteiger partial charge on any atom is 0.332 e. The summed E-state index contributed by atoms with van der Waals surface area (Å²) in [6.07, 6.45) is 0. The molecule has 0 spiro atoms. The highest BCUT2D eigenvalue weighted by Gasteiger charge is 2.41. The number of carbonyl (C=O) groups is 1. The van der Waals surface area contributed by atoms with Crippen LogP contribution in [-0.2, 0) is 14.9 Å². The van der Waals surface area contributed by atoms with Crippen LogP contribution >= 0.6 is 11.6 Å². The van der Waals surface area contributed by atoms with Gasteiger partial charge in [0.1, 0.15) is 0 Å². The standard InChI is InChI=1S/C11H10ClNO2/c1-15-10(14)11(7-12,8-13)9-5-3-2-4-6-9/h2-6H,7H2,1H3. The van der Waals surface area contributed by atoms with E-state index in [1.54, 1.807) is 30.3 Å². The van der Waals surface area contributed by atoms with Crippen molar-refractivity contribution >= 4 is 17.6 Å². The van der Waals surface area contributed by atoms with Crippen molar-refractivity contribution in [3.8, 4) is 6.07 Å². The van der Waals surface area contributed by atoms with Crippen LogP contribution in [0.15, 0.2) is 30.3 Å². The van der Waals surface area contributed by atoms with E-state index in [9.17, 15) is 4.79 Å². The molecule has 1 unspecified atom stereocenters. The molecule has 0 fully saturated rings. The number of methoxy groups -OCH3 is 1. The van der Waals surface area contributed by atoms with E-state index in [1.807, 2.05) is 6.07 Å². The van der Waals surface area contributed by atoms with Crippen LogP contribution < -0.4 is 0 Å². The number of benzene rings is 1. The summed E-state index contributed by atoms with van der Waals surface area (Å²) in [4.78, 5) is 11.6. The second kappa shape index (κ2) is 4.81. The summed E-state index contributed by atoms with van der Waals surface area (Å²) in [5.74, 6) is -0.758. The van der Waals surface area contributed by atoms with Crippen molar-refractivity contribution in [1.29, 1.82) is 5.26 Å². The molecule has 0 saturated heterocycles. The summed E-state index contributed by atoms with van der Waals surface area (Å²) in [5, 5.41) is 9.10. The minimum atomic E-state index is -1.41. The molecule has 0 aliphatic rings. The van der Waals surface area contributed by atoms with E-state index in [0.717, 1.165) is 0 Å². The molecule has 0 saturated carbocycles. The number of rotatable bonds is 3. The Morgan fingerprint density at radius 2 is 2.13 bits per heavy atom. The van der Waals surface area contributed by atoms with Crippen LogP contribution in [0.2, 0.25) is 0 Å². The Balaban J connectivity index is 3.25. The Morgan fingerprint density at radius 3 is 2.53 bits per heavy atom. The Hall–Kier alpha value is -1.53. The molecule has 15 heavy (non-hydrogen) atoms. The van der Waals surface area contributed by atoms with E-state index in [4.69, 9.17) is 16.9 Å². The first-order valence-electron chi connectivity index (χ1n) is 4.32. The highest BCUT2D eigenvalue weighted by molar-refractivity contribution is 6.21. The summed E-state index contributed by atoms with van der Waals surface area (Å²) >= 11 is 5.71. The number of hydrogen-bond donors (Lipinski definition) is 0. The second-order valence-corrected chi connectivity index (χ2v) is 3.28. The van der Waals surface area contributed by atoms with Crippen molar-refractivity contribution < 1.29 is 9.53 Å². The van der Waals surface area contributed by atoms with Crippen LogP contribution in [-0.4, -0.2) is 19.0 Å². The predicted molar refractivity (Wildman–Crippen MR) is 56.5 cm³/mol. The Bertz CT molecular complexity index is 385. The largest absolute Gasteiger partial charge is 0.468 e. The van der Waals surface area contributed by atoms with Crippen LogP contribution in [0.5, 0.6) is 0 Å². The molecule has 78 valence electrons. The third kappa shape index (κ3) is 1.95. The molecule has 0 N–H and O–H groups in total. The normalized spacial score (nSPS) is 13.7. The molecule has 0 aromatic heterocycles. The van der Waals surface area contributed by atoms with E-state index in [-0.39, 0.29) is 5.88 Å². The number of carbonyl (C=O) groups excluding carboxylic acids is 1. The Kier molecular flexibility index (Phi) is 3.70. The third-order valence-electron chi connectivity index (χ3n) is 2.19. The van der Waals surface area contributed by atoms with Crippen LogP contribution in [0.25, 0.3) is 0 Å². The Morgan fingerprint density at radius 1 is 1.53 bits per heavy atom. The zero-order valence-corrected chi connectivity index (χ0v) is 8.99. The van der Waals surface area contributed by atoms with Gasteiger partial charge in [-0.25, -0.2) is 4.79 Å². The molecule has 3 nitrogen and oxygen atoms in total. The minimum Gasteiger partial charge on any atom is -0.468 e. The highest BCUT2D eigenvalue weighted by atomic mass is 35.5. The molecule has 1 atom stereocenters. The number of nitrogens with zero attached hydrogens (tertiary/aromatic N) is 1. The lowest BCUT2D eigenvalue weighted by molar-refractivity contribution is -0.144. The van der Waals surface area contributed by atoms with Crippen LogP contribution in [0.1, 0.15) is 5.56 Å². The molecule has 0 bridgehead atoms.